The Kier molecular flexibility index (Phi) is 5.27. The molecule has 1 aliphatic heterocycles. The van der Waals surface area contributed by atoms with E-state index in [9.17, 15) is 19.7 Å². The second-order valence-electron chi connectivity index (χ2n) is 5.67. The number of thioether (sulfide) groups is 1. The van der Waals surface area contributed by atoms with E-state index in [0.29, 0.717) is 17.1 Å². The van der Waals surface area contributed by atoms with E-state index < -0.39 is 16.9 Å². The molecule has 1 aromatic heterocycles. The van der Waals surface area contributed by atoms with E-state index in [1.54, 1.807) is 12.1 Å². The second-order valence-corrected chi connectivity index (χ2v) is 6.79. The first-order chi connectivity index (χ1) is 12.5. The van der Waals surface area contributed by atoms with Crippen LogP contribution in [-0.2, 0) is 20.9 Å². The Labute approximate surface area is 153 Å². The molecule has 0 aliphatic carbocycles. The number of benzene rings is 1. The van der Waals surface area contributed by atoms with Crippen LogP contribution in [0.1, 0.15) is 23.6 Å². The molecular formula is C17H16N2O6S. The SMILES string of the molecule is CC(=O)N1[C@@H](c2ccco2)SC[C@H]1C(=O)OCc1ccc([N+](=O)[O-])cc1. The molecule has 9 heteroatoms. The molecule has 2 heterocycles. The molecule has 0 bridgehead atoms. The average Bonchev–Trinajstić information content (AvgIpc) is 3.28. The molecule has 0 saturated carbocycles. The number of rotatable bonds is 5. The Bertz CT molecular complexity index is 805. The molecule has 1 amide bonds. The zero-order valence-electron chi connectivity index (χ0n) is 13.9. The van der Waals surface area contributed by atoms with E-state index in [1.165, 1.54) is 54.1 Å². The maximum Gasteiger partial charge on any atom is 0.330 e. The zero-order valence-corrected chi connectivity index (χ0v) is 14.7. The van der Waals surface area contributed by atoms with Crippen LogP contribution >= 0.6 is 11.8 Å². The molecule has 3 rings (SSSR count). The summed E-state index contributed by atoms with van der Waals surface area (Å²) >= 11 is 1.44. The lowest BCUT2D eigenvalue weighted by Gasteiger charge is -2.25. The lowest BCUT2D eigenvalue weighted by atomic mass is 10.2. The topological polar surface area (TPSA) is 103 Å². The van der Waals surface area contributed by atoms with Crippen molar-refractivity contribution in [2.75, 3.05) is 5.75 Å². The summed E-state index contributed by atoms with van der Waals surface area (Å²) in [5, 5.41) is 10.3. The van der Waals surface area contributed by atoms with Crippen molar-refractivity contribution in [2.24, 2.45) is 0 Å². The highest BCUT2D eigenvalue weighted by Gasteiger charge is 2.43. The number of ether oxygens (including phenoxy) is 1. The van der Waals surface area contributed by atoms with Gasteiger partial charge in [0.25, 0.3) is 5.69 Å². The molecule has 2 atom stereocenters. The summed E-state index contributed by atoms with van der Waals surface area (Å²) in [4.78, 5) is 36.1. The molecule has 2 aromatic rings. The van der Waals surface area contributed by atoms with Crippen LogP contribution in [0.2, 0.25) is 0 Å². The Morgan fingerprint density at radius 2 is 2.08 bits per heavy atom. The number of furan rings is 1. The van der Waals surface area contributed by atoms with Crippen molar-refractivity contribution in [2.45, 2.75) is 24.9 Å². The van der Waals surface area contributed by atoms with Crippen molar-refractivity contribution >= 4 is 29.3 Å². The summed E-state index contributed by atoms with van der Waals surface area (Å²) in [6, 6.07) is 8.55. The van der Waals surface area contributed by atoms with Gasteiger partial charge in [-0.2, -0.15) is 0 Å². The third-order valence-corrected chi connectivity index (χ3v) is 5.23. The smallest absolute Gasteiger partial charge is 0.330 e. The molecule has 1 saturated heterocycles. The monoisotopic (exact) mass is 376 g/mol. The van der Waals surface area contributed by atoms with Gasteiger partial charge in [0.1, 0.15) is 23.8 Å². The molecule has 0 spiro atoms. The lowest BCUT2D eigenvalue weighted by molar-refractivity contribution is -0.384. The maximum absolute atomic E-state index is 12.5. The Balaban J connectivity index is 1.65. The van der Waals surface area contributed by atoms with E-state index in [1.807, 2.05) is 0 Å². The summed E-state index contributed by atoms with van der Waals surface area (Å²) < 4.78 is 10.7. The predicted octanol–water partition coefficient (Wildman–Crippen LogP) is 2.89. The number of hydrogen-bond acceptors (Lipinski definition) is 7. The van der Waals surface area contributed by atoms with Crippen molar-refractivity contribution in [3.63, 3.8) is 0 Å². The highest BCUT2D eigenvalue weighted by molar-refractivity contribution is 7.99. The average molecular weight is 376 g/mol. The standard InChI is InChI=1S/C17H16N2O6S/c1-11(20)18-14(10-26-16(18)15-3-2-8-24-15)17(21)25-9-12-4-6-13(7-5-12)19(22)23/h2-8,14,16H,9-10H2,1H3/t14-,16+/m0/s1. The first kappa shape index (κ1) is 18.0. The molecule has 26 heavy (non-hydrogen) atoms. The minimum absolute atomic E-state index is 0.0187. The van der Waals surface area contributed by atoms with Gasteiger partial charge in [-0.15, -0.1) is 11.8 Å². The fraction of sp³-hybridized carbons (Fsp3) is 0.294. The van der Waals surface area contributed by atoms with Gasteiger partial charge in [-0.1, -0.05) is 0 Å². The fourth-order valence-electron chi connectivity index (χ4n) is 2.69. The van der Waals surface area contributed by atoms with Crippen LogP contribution in [0.4, 0.5) is 5.69 Å². The van der Waals surface area contributed by atoms with Crippen molar-refractivity contribution in [1.82, 2.24) is 4.90 Å². The second kappa shape index (κ2) is 7.61. The number of nitro groups is 1. The first-order valence-electron chi connectivity index (χ1n) is 7.81. The van der Waals surface area contributed by atoms with Crippen LogP contribution in [0, 0.1) is 10.1 Å². The van der Waals surface area contributed by atoms with Gasteiger partial charge < -0.3 is 14.1 Å². The van der Waals surface area contributed by atoms with Crippen LogP contribution in [0.5, 0.6) is 0 Å². The largest absolute Gasteiger partial charge is 0.466 e. The molecule has 0 radical (unpaired) electrons. The molecule has 136 valence electrons. The van der Waals surface area contributed by atoms with Crippen molar-refractivity contribution in [3.05, 3.63) is 64.1 Å². The maximum atomic E-state index is 12.5. The Morgan fingerprint density at radius 3 is 2.65 bits per heavy atom. The summed E-state index contributed by atoms with van der Waals surface area (Å²) in [6.07, 6.45) is 1.52. The molecule has 8 nitrogen and oxygen atoms in total. The third kappa shape index (κ3) is 3.72. The minimum atomic E-state index is -0.703. The van der Waals surface area contributed by atoms with Crippen LogP contribution in [-0.4, -0.2) is 33.5 Å². The van der Waals surface area contributed by atoms with Gasteiger partial charge in [0.2, 0.25) is 5.91 Å². The van der Waals surface area contributed by atoms with Gasteiger partial charge in [0, 0.05) is 24.8 Å². The highest BCUT2D eigenvalue weighted by atomic mass is 32.2. The van der Waals surface area contributed by atoms with Crippen LogP contribution in [0.25, 0.3) is 0 Å². The van der Waals surface area contributed by atoms with Gasteiger partial charge in [0.15, 0.2) is 0 Å². The van der Waals surface area contributed by atoms with Gasteiger partial charge >= 0.3 is 5.97 Å². The third-order valence-electron chi connectivity index (χ3n) is 3.95. The summed E-state index contributed by atoms with van der Waals surface area (Å²) in [6.45, 7) is 1.38. The van der Waals surface area contributed by atoms with Crippen LogP contribution in [0.15, 0.2) is 47.1 Å². The van der Waals surface area contributed by atoms with Gasteiger partial charge in [-0.05, 0) is 29.8 Å². The van der Waals surface area contributed by atoms with E-state index >= 15 is 0 Å². The van der Waals surface area contributed by atoms with E-state index in [-0.39, 0.29) is 23.6 Å². The molecule has 1 fully saturated rings. The molecule has 1 aromatic carbocycles. The van der Waals surface area contributed by atoms with Gasteiger partial charge in [-0.3, -0.25) is 14.9 Å². The van der Waals surface area contributed by atoms with Crippen LogP contribution in [0.3, 0.4) is 0 Å². The minimum Gasteiger partial charge on any atom is -0.466 e. The lowest BCUT2D eigenvalue weighted by Crippen LogP contribution is -2.42. The number of carbonyl (C=O) groups excluding carboxylic acids is 2. The normalized spacial score (nSPS) is 19.3. The Morgan fingerprint density at radius 1 is 1.35 bits per heavy atom. The van der Waals surface area contributed by atoms with Crippen LogP contribution < -0.4 is 0 Å². The number of carbonyl (C=O) groups is 2. The van der Waals surface area contributed by atoms with Crippen molar-refractivity contribution < 1.29 is 23.7 Å². The first-order valence-corrected chi connectivity index (χ1v) is 8.86. The van der Waals surface area contributed by atoms with Crippen molar-refractivity contribution in [1.29, 1.82) is 0 Å². The molecule has 0 unspecified atom stereocenters. The summed E-state index contributed by atoms with van der Waals surface area (Å²) in [5.41, 5.74) is 0.600. The zero-order chi connectivity index (χ0) is 18.7. The number of hydrogen-bond donors (Lipinski definition) is 0. The molecule has 0 N–H and O–H groups in total. The summed E-state index contributed by atoms with van der Waals surface area (Å²) in [5.74, 6) is 0.258. The van der Waals surface area contributed by atoms with E-state index in [2.05, 4.69) is 0 Å². The summed E-state index contributed by atoms with van der Waals surface area (Å²) in [7, 11) is 0. The number of nitro benzene ring substituents is 1. The quantitative estimate of drug-likeness (QED) is 0.449. The highest BCUT2D eigenvalue weighted by Crippen LogP contribution is 2.41. The van der Waals surface area contributed by atoms with E-state index in [4.69, 9.17) is 9.15 Å². The van der Waals surface area contributed by atoms with Gasteiger partial charge in [-0.25, -0.2) is 4.79 Å². The number of esters is 1. The van der Waals surface area contributed by atoms with E-state index in [0.717, 1.165) is 0 Å². The molecule has 1 aliphatic rings. The predicted molar refractivity (Wildman–Crippen MR) is 93.1 cm³/mol. The van der Waals surface area contributed by atoms with Gasteiger partial charge in [0.05, 0.1) is 11.2 Å². The number of amides is 1. The van der Waals surface area contributed by atoms with Crippen molar-refractivity contribution in [3.8, 4) is 0 Å². The fourth-order valence-corrected chi connectivity index (χ4v) is 4.10. The number of non-ortho nitro benzene ring substituents is 1. The molecular weight excluding hydrogens is 360 g/mol. The number of nitrogens with zero attached hydrogens (tertiary/aromatic N) is 2. The Hall–Kier alpha value is -2.81.